The number of nitrogens with zero attached hydrogens (tertiary/aromatic N) is 5. The predicted octanol–water partition coefficient (Wildman–Crippen LogP) is 4.72. The first-order valence-corrected chi connectivity index (χ1v) is 11.4. The van der Waals surface area contributed by atoms with Crippen molar-refractivity contribution in [1.82, 2.24) is 24.9 Å². The molecule has 0 bridgehead atoms. The first kappa shape index (κ1) is 23.8. The van der Waals surface area contributed by atoms with Crippen molar-refractivity contribution in [2.75, 3.05) is 11.1 Å². The number of hydrogen-bond acceptors (Lipinski definition) is 7. The second kappa shape index (κ2) is 9.97. The smallest absolute Gasteiger partial charge is 0.255 e. The van der Waals surface area contributed by atoms with E-state index in [9.17, 15) is 13.6 Å². The zero-order valence-corrected chi connectivity index (χ0v) is 19.7. The van der Waals surface area contributed by atoms with E-state index in [0.717, 1.165) is 18.1 Å². The van der Waals surface area contributed by atoms with E-state index < -0.39 is 11.6 Å². The van der Waals surface area contributed by atoms with Gasteiger partial charge in [0, 0.05) is 17.2 Å². The zero-order valence-electron chi connectivity index (χ0n) is 19.7. The minimum atomic E-state index is -0.962. The van der Waals surface area contributed by atoms with Crippen LogP contribution in [0.4, 0.5) is 20.3 Å². The molecule has 0 radical (unpaired) electrons. The summed E-state index contributed by atoms with van der Waals surface area (Å²) in [6.07, 6.45) is 3.64. The average molecular weight is 501 g/mol. The molecular formula is C26H21F2N7O2. The maximum Gasteiger partial charge on any atom is 0.255 e. The molecule has 0 aliphatic carbocycles. The number of aryl methyl sites for hydroxylation is 1. The molecule has 3 N–H and O–H groups in total. The number of anilines is 2. The number of carbonyl (C=O) groups excluding carboxylic acids is 1. The Labute approximate surface area is 210 Å². The van der Waals surface area contributed by atoms with Crippen LogP contribution in [0.2, 0.25) is 0 Å². The van der Waals surface area contributed by atoms with Crippen molar-refractivity contribution in [3.63, 3.8) is 0 Å². The minimum absolute atomic E-state index is 0.0391. The summed E-state index contributed by atoms with van der Waals surface area (Å²) in [6, 6.07) is 14.4. The van der Waals surface area contributed by atoms with Crippen LogP contribution >= 0.6 is 0 Å². The Morgan fingerprint density at radius 3 is 2.62 bits per heavy atom. The summed E-state index contributed by atoms with van der Waals surface area (Å²) in [5.74, 6) is -2.05. The molecule has 0 aliphatic heterocycles. The van der Waals surface area contributed by atoms with E-state index in [1.807, 2.05) is 19.1 Å². The molecule has 11 heteroatoms. The van der Waals surface area contributed by atoms with Gasteiger partial charge in [0.05, 0.1) is 18.4 Å². The van der Waals surface area contributed by atoms with E-state index in [2.05, 4.69) is 25.5 Å². The first-order chi connectivity index (χ1) is 17.9. The molecule has 0 fully saturated rings. The molecule has 0 aliphatic rings. The molecule has 0 saturated carbocycles. The number of aromatic nitrogens is 5. The SMILES string of the molecule is CCc1ccc(C(=O)Nc2cnc(-c3cc(-c4ccon4)n(Cc4cccc(F)c4F)n3)nc2N)cc1. The number of amides is 1. The van der Waals surface area contributed by atoms with Crippen LogP contribution < -0.4 is 11.1 Å². The van der Waals surface area contributed by atoms with Gasteiger partial charge in [0.15, 0.2) is 23.3 Å². The van der Waals surface area contributed by atoms with Crippen molar-refractivity contribution in [2.45, 2.75) is 19.9 Å². The highest BCUT2D eigenvalue weighted by Gasteiger charge is 2.19. The highest BCUT2D eigenvalue weighted by Crippen LogP contribution is 2.27. The van der Waals surface area contributed by atoms with Crippen molar-refractivity contribution in [2.24, 2.45) is 0 Å². The monoisotopic (exact) mass is 501 g/mol. The topological polar surface area (TPSA) is 125 Å². The summed E-state index contributed by atoms with van der Waals surface area (Å²) in [5, 5.41) is 11.1. The number of rotatable bonds is 7. The second-order valence-electron chi connectivity index (χ2n) is 8.17. The highest BCUT2D eigenvalue weighted by atomic mass is 19.2. The van der Waals surface area contributed by atoms with Crippen LogP contribution in [0.15, 0.2) is 71.6 Å². The lowest BCUT2D eigenvalue weighted by atomic mass is 10.1. The van der Waals surface area contributed by atoms with E-state index >= 15 is 0 Å². The molecule has 9 nitrogen and oxygen atoms in total. The van der Waals surface area contributed by atoms with Crippen LogP contribution in [-0.4, -0.2) is 30.8 Å². The molecule has 5 aromatic rings. The van der Waals surface area contributed by atoms with Gasteiger partial charge in [0.1, 0.15) is 23.3 Å². The molecule has 2 aromatic carbocycles. The van der Waals surface area contributed by atoms with Crippen molar-refractivity contribution in [3.8, 4) is 22.9 Å². The summed E-state index contributed by atoms with van der Waals surface area (Å²) >= 11 is 0. The average Bonchev–Trinajstić information content (AvgIpc) is 3.58. The fourth-order valence-corrected chi connectivity index (χ4v) is 3.73. The lowest BCUT2D eigenvalue weighted by Gasteiger charge is -2.08. The fourth-order valence-electron chi connectivity index (χ4n) is 3.73. The van der Waals surface area contributed by atoms with Gasteiger partial charge in [-0.2, -0.15) is 5.10 Å². The van der Waals surface area contributed by atoms with Gasteiger partial charge in [-0.3, -0.25) is 9.48 Å². The molecule has 0 unspecified atom stereocenters. The van der Waals surface area contributed by atoms with Gasteiger partial charge in [0.25, 0.3) is 5.91 Å². The van der Waals surface area contributed by atoms with Gasteiger partial charge in [-0.1, -0.05) is 36.3 Å². The number of carbonyl (C=O) groups is 1. The summed E-state index contributed by atoms with van der Waals surface area (Å²) in [7, 11) is 0. The molecule has 0 spiro atoms. The van der Waals surface area contributed by atoms with Crippen molar-refractivity contribution >= 4 is 17.4 Å². The van der Waals surface area contributed by atoms with Gasteiger partial charge in [-0.05, 0) is 36.2 Å². The van der Waals surface area contributed by atoms with Gasteiger partial charge >= 0.3 is 0 Å². The lowest BCUT2D eigenvalue weighted by molar-refractivity contribution is 0.102. The van der Waals surface area contributed by atoms with Crippen LogP contribution in [0, 0.1) is 11.6 Å². The lowest BCUT2D eigenvalue weighted by Crippen LogP contribution is -2.14. The Kier molecular flexibility index (Phi) is 6.42. The van der Waals surface area contributed by atoms with E-state index in [0.29, 0.717) is 22.6 Å². The Bertz CT molecular complexity index is 1560. The Morgan fingerprint density at radius 2 is 1.92 bits per heavy atom. The van der Waals surface area contributed by atoms with Gasteiger partial charge in [0.2, 0.25) is 0 Å². The molecule has 5 rings (SSSR count). The number of nitrogen functional groups attached to an aromatic ring is 1. The third-order valence-electron chi connectivity index (χ3n) is 5.75. The van der Waals surface area contributed by atoms with Gasteiger partial charge in [-0.15, -0.1) is 0 Å². The molecule has 0 saturated heterocycles. The Hall–Kier alpha value is -4.93. The summed E-state index contributed by atoms with van der Waals surface area (Å²) < 4.78 is 34.5. The molecule has 0 atom stereocenters. The van der Waals surface area contributed by atoms with Crippen molar-refractivity contribution in [1.29, 1.82) is 0 Å². The standard InChI is InChI=1S/C26H21F2N7O2/c1-2-15-6-8-16(9-7-15)26(36)31-21-13-30-25(32-24(21)29)20-12-22(19-10-11-37-34-19)35(33-20)14-17-4-3-5-18(27)23(17)28/h3-13H,2,14H2,1H3,(H,31,36)(H2,29,30,32). The summed E-state index contributed by atoms with van der Waals surface area (Å²) in [5.41, 5.74) is 9.27. The fraction of sp³-hybridized carbons (Fsp3) is 0.115. The Balaban J connectivity index is 1.43. The van der Waals surface area contributed by atoms with Crippen LogP contribution in [0.1, 0.15) is 28.4 Å². The summed E-state index contributed by atoms with van der Waals surface area (Å²) in [6.45, 7) is 1.96. The molecule has 37 heavy (non-hydrogen) atoms. The van der Waals surface area contributed by atoms with Crippen molar-refractivity contribution < 1.29 is 18.1 Å². The maximum absolute atomic E-state index is 14.3. The van der Waals surface area contributed by atoms with Crippen LogP contribution in [0.5, 0.6) is 0 Å². The van der Waals surface area contributed by atoms with E-state index in [-0.39, 0.29) is 35.3 Å². The van der Waals surface area contributed by atoms with Crippen LogP contribution in [0.25, 0.3) is 22.9 Å². The largest absolute Gasteiger partial charge is 0.382 e. The number of nitrogens with two attached hydrogens (primary N) is 1. The zero-order chi connectivity index (χ0) is 25.9. The number of halogens is 2. The first-order valence-electron chi connectivity index (χ1n) is 11.4. The highest BCUT2D eigenvalue weighted by molar-refractivity contribution is 6.05. The minimum Gasteiger partial charge on any atom is -0.382 e. The van der Waals surface area contributed by atoms with E-state index in [1.165, 1.54) is 29.3 Å². The normalized spacial score (nSPS) is 11.0. The summed E-state index contributed by atoms with van der Waals surface area (Å²) in [4.78, 5) is 21.2. The molecule has 3 heterocycles. The van der Waals surface area contributed by atoms with Crippen LogP contribution in [0.3, 0.4) is 0 Å². The molecular weight excluding hydrogens is 480 g/mol. The van der Waals surface area contributed by atoms with E-state index in [4.69, 9.17) is 10.3 Å². The number of nitrogens with one attached hydrogen (secondary N) is 1. The Morgan fingerprint density at radius 1 is 1.11 bits per heavy atom. The second-order valence-corrected chi connectivity index (χ2v) is 8.17. The third kappa shape index (κ3) is 4.92. The van der Waals surface area contributed by atoms with Crippen LogP contribution in [-0.2, 0) is 13.0 Å². The third-order valence-corrected chi connectivity index (χ3v) is 5.75. The number of benzene rings is 2. The number of hydrogen-bond donors (Lipinski definition) is 2. The quantitative estimate of drug-likeness (QED) is 0.331. The molecule has 3 aromatic heterocycles. The molecule has 186 valence electrons. The maximum atomic E-state index is 14.3. The van der Waals surface area contributed by atoms with Gasteiger partial charge < -0.3 is 15.6 Å². The predicted molar refractivity (Wildman–Crippen MR) is 132 cm³/mol. The van der Waals surface area contributed by atoms with Gasteiger partial charge in [-0.25, -0.2) is 18.7 Å². The van der Waals surface area contributed by atoms with Crippen molar-refractivity contribution in [3.05, 3.63) is 95.4 Å². The molecule has 1 amide bonds. The van der Waals surface area contributed by atoms with E-state index in [1.54, 1.807) is 24.3 Å².